The van der Waals surface area contributed by atoms with Crippen molar-refractivity contribution in [3.8, 4) is 11.5 Å². The molecule has 16 heteroatoms. The minimum atomic E-state index is -1.02. The maximum atomic E-state index is 12.9. The Morgan fingerprint density at radius 3 is 1.29 bits per heavy atom. The molecule has 6 aliphatic heterocycles. The first kappa shape index (κ1) is 53.7. The number of nitrogens with zero attached hydrogens (tertiary/aromatic N) is 2. The second kappa shape index (κ2) is 26.6. The number of methoxy groups -OCH3 is 4. The molecule has 14 nitrogen and oxygen atoms in total. The van der Waals surface area contributed by atoms with E-state index in [-0.39, 0.29) is 58.9 Å². The minimum Gasteiger partial charge on any atom is -0.497 e. The van der Waals surface area contributed by atoms with Crippen LogP contribution in [0.1, 0.15) is 127 Å². The third-order valence-corrected chi connectivity index (χ3v) is 16.1. The van der Waals surface area contributed by atoms with Crippen molar-refractivity contribution in [2.45, 2.75) is 177 Å². The van der Waals surface area contributed by atoms with Gasteiger partial charge in [-0.2, -0.15) is 0 Å². The van der Waals surface area contributed by atoms with Crippen LogP contribution in [0.3, 0.4) is 0 Å². The molecule has 70 heavy (non-hydrogen) atoms. The zero-order chi connectivity index (χ0) is 49.4. The Morgan fingerprint density at radius 2 is 0.914 bits per heavy atom. The predicted molar refractivity (Wildman–Crippen MR) is 271 cm³/mol. The highest BCUT2D eigenvalue weighted by Crippen LogP contribution is 2.45. The number of hydrogen-bond acceptors (Lipinski definition) is 14. The molecular formula is C54H74N2O12S2. The van der Waals surface area contributed by atoms with Crippen LogP contribution in [0.2, 0.25) is 0 Å². The lowest BCUT2D eigenvalue weighted by Gasteiger charge is -2.48. The van der Waals surface area contributed by atoms with Crippen molar-refractivity contribution in [2.75, 3.05) is 39.9 Å². The summed E-state index contributed by atoms with van der Waals surface area (Å²) in [7, 11) is 6.55. The van der Waals surface area contributed by atoms with Crippen LogP contribution in [0.25, 0.3) is 0 Å². The number of allylic oxidation sites excluding steroid dienone is 4. The summed E-state index contributed by atoms with van der Waals surface area (Å²) in [6.07, 6.45) is 22.5. The fraction of sp³-hybridized carbons (Fsp3) is 0.630. The molecule has 4 fully saturated rings. The molecule has 0 aromatic heterocycles. The molecule has 2 aromatic carbocycles. The van der Waals surface area contributed by atoms with Gasteiger partial charge in [0.05, 0.1) is 38.5 Å². The van der Waals surface area contributed by atoms with Gasteiger partial charge in [-0.25, -0.2) is 0 Å². The van der Waals surface area contributed by atoms with Crippen molar-refractivity contribution in [1.29, 1.82) is 0 Å². The van der Waals surface area contributed by atoms with E-state index in [9.17, 15) is 19.2 Å². The number of esters is 2. The molecule has 8 rings (SSSR count). The molecule has 6 aliphatic rings. The largest absolute Gasteiger partial charge is 0.497 e. The van der Waals surface area contributed by atoms with Gasteiger partial charge in [0.25, 0.3) is 10.5 Å². The molecule has 384 valence electrons. The monoisotopic (exact) mass is 1010 g/mol. The Kier molecular flexibility index (Phi) is 20.4. The van der Waals surface area contributed by atoms with Gasteiger partial charge in [-0.15, -0.1) is 0 Å². The lowest BCUT2D eigenvalue weighted by atomic mass is 9.90. The fourth-order valence-electron chi connectivity index (χ4n) is 10.4. The lowest BCUT2D eigenvalue weighted by molar-refractivity contribution is -0.306. The van der Waals surface area contributed by atoms with Crippen molar-refractivity contribution in [1.82, 2.24) is 9.80 Å². The van der Waals surface area contributed by atoms with Crippen molar-refractivity contribution in [2.24, 2.45) is 0 Å². The van der Waals surface area contributed by atoms with Gasteiger partial charge in [-0.1, -0.05) is 72.1 Å². The molecule has 2 aromatic rings. The van der Waals surface area contributed by atoms with E-state index >= 15 is 0 Å². The van der Waals surface area contributed by atoms with E-state index in [0.717, 1.165) is 99.7 Å². The highest BCUT2D eigenvalue weighted by molar-refractivity contribution is 8.14. The van der Waals surface area contributed by atoms with E-state index in [1.54, 1.807) is 28.4 Å². The summed E-state index contributed by atoms with van der Waals surface area (Å²) >= 11 is 2.58. The molecule has 0 N–H and O–H groups in total. The summed E-state index contributed by atoms with van der Waals surface area (Å²) < 4.78 is 47.9. The van der Waals surface area contributed by atoms with Crippen LogP contribution >= 0.6 is 23.5 Å². The number of thioether (sulfide) groups is 2. The Bertz CT molecular complexity index is 1930. The van der Waals surface area contributed by atoms with Gasteiger partial charge >= 0.3 is 11.9 Å². The van der Waals surface area contributed by atoms with Gasteiger partial charge in [0, 0.05) is 77.3 Å². The molecule has 4 saturated heterocycles. The SMILES string of the molecule is COc1ccc(CN2C(=O)SC[C@H]2[C@@]2(OC)C[C@H]3C[C@@H](CCC/C=C/CCCCC(=O)O3)O2)cc1.COc1ccc(CN2C(=O)SC[C@H]2[C@@]2(OC)C[C@H]3C[C@@H](CCC/C=C\CCCCC(=O)O3)O2)cc1. The van der Waals surface area contributed by atoms with Gasteiger partial charge in [-0.3, -0.25) is 19.2 Å². The van der Waals surface area contributed by atoms with E-state index in [1.165, 1.54) is 23.5 Å². The van der Waals surface area contributed by atoms with E-state index in [0.29, 0.717) is 63.1 Å². The summed E-state index contributed by atoms with van der Waals surface area (Å²) in [5.41, 5.74) is 2.02. The lowest BCUT2D eigenvalue weighted by Crippen LogP contribution is -2.60. The molecule has 0 unspecified atom stereocenters. The molecular weight excluding hydrogens is 933 g/mol. The van der Waals surface area contributed by atoms with Crippen molar-refractivity contribution in [3.63, 3.8) is 0 Å². The third kappa shape index (κ3) is 14.6. The van der Waals surface area contributed by atoms with Crippen molar-refractivity contribution >= 4 is 45.9 Å². The number of carbonyl (C=O) groups excluding carboxylic acids is 4. The topological polar surface area (TPSA) is 149 Å². The van der Waals surface area contributed by atoms with Gasteiger partial charge in [0.2, 0.25) is 0 Å². The Balaban J connectivity index is 0.000000206. The zero-order valence-corrected chi connectivity index (χ0v) is 43.2. The molecule has 0 aliphatic carbocycles. The zero-order valence-electron chi connectivity index (χ0n) is 41.6. The molecule has 2 amide bonds. The van der Waals surface area contributed by atoms with Crippen LogP contribution < -0.4 is 9.47 Å². The second-order valence-corrected chi connectivity index (χ2v) is 21.0. The second-order valence-electron chi connectivity index (χ2n) is 19.0. The summed E-state index contributed by atoms with van der Waals surface area (Å²) in [5, 5.41) is 0.0163. The van der Waals surface area contributed by atoms with E-state index < -0.39 is 11.6 Å². The van der Waals surface area contributed by atoms with Gasteiger partial charge in [-0.05, 0) is 112 Å². The molecule has 0 spiro atoms. The number of benzene rings is 2. The summed E-state index contributed by atoms with van der Waals surface area (Å²) in [6.45, 7) is 0.907. The number of rotatable bonds is 10. The summed E-state index contributed by atoms with van der Waals surface area (Å²) in [5.74, 6) is 0.329. The highest BCUT2D eigenvalue weighted by atomic mass is 32.2. The summed E-state index contributed by atoms with van der Waals surface area (Å²) in [6, 6.07) is 14.9. The van der Waals surface area contributed by atoms with E-state index in [2.05, 4.69) is 24.3 Å². The molecule has 8 atom stereocenters. The smallest absolute Gasteiger partial charge is 0.306 e. The number of amides is 2. The number of ether oxygens (including phenoxy) is 8. The van der Waals surface area contributed by atoms with Crippen molar-refractivity contribution in [3.05, 3.63) is 84.0 Å². The van der Waals surface area contributed by atoms with Crippen LogP contribution in [0.15, 0.2) is 72.8 Å². The first-order chi connectivity index (χ1) is 34.1. The van der Waals surface area contributed by atoms with Crippen LogP contribution in [-0.4, -0.2) is 120 Å². The first-order valence-electron chi connectivity index (χ1n) is 25.3. The number of carbonyl (C=O) groups is 4. The van der Waals surface area contributed by atoms with E-state index in [1.807, 2.05) is 58.3 Å². The average Bonchev–Trinajstić information content (AvgIpc) is 3.93. The fourth-order valence-corrected chi connectivity index (χ4v) is 12.6. The number of hydrogen-bond donors (Lipinski definition) is 0. The van der Waals surface area contributed by atoms with E-state index in [4.69, 9.17) is 37.9 Å². The van der Waals surface area contributed by atoms with Gasteiger partial charge in [0.1, 0.15) is 23.7 Å². The van der Waals surface area contributed by atoms with Crippen LogP contribution in [0, 0.1) is 0 Å². The normalized spacial score (nSPS) is 31.5. The maximum absolute atomic E-state index is 12.9. The molecule has 4 bridgehead atoms. The van der Waals surface area contributed by atoms with Gasteiger partial charge in [0.15, 0.2) is 11.6 Å². The minimum absolute atomic E-state index is 0.00814. The van der Waals surface area contributed by atoms with Crippen LogP contribution in [-0.2, 0) is 51.1 Å². The quantitative estimate of drug-likeness (QED) is 0.164. The Morgan fingerprint density at radius 1 is 0.529 bits per heavy atom. The highest BCUT2D eigenvalue weighted by Gasteiger charge is 2.56. The standard InChI is InChI=1S/2C27H37NO6S/c2*1-31-21-14-12-20(13-15-21)18-28-24(19-35-26(28)30)27(32-2)17-23-16-22(34-27)10-8-6-4-3-5-7-9-11-25(29)33-23/h2*3-4,12-15,22-24H,5-11,16-19H2,1-2H3/b4-3+;4-3-/t2*22-,23-,24+,27-/m11/s1. The summed E-state index contributed by atoms with van der Waals surface area (Å²) in [4.78, 5) is 54.8. The van der Waals surface area contributed by atoms with Crippen LogP contribution in [0.5, 0.6) is 11.5 Å². The van der Waals surface area contributed by atoms with Gasteiger partial charge < -0.3 is 47.7 Å². The molecule has 6 heterocycles. The molecule has 0 radical (unpaired) electrons. The predicted octanol–water partition coefficient (Wildman–Crippen LogP) is 10.9. The average molecular weight is 1010 g/mol. The van der Waals surface area contributed by atoms with Crippen molar-refractivity contribution < 1.29 is 57.1 Å². The Labute approximate surface area is 423 Å². The van der Waals surface area contributed by atoms with Crippen LogP contribution in [0.4, 0.5) is 9.59 Å². The first-order valence-corrected chi connectivity index (χ1v) is 27.3. The maximum Gasteiger partial charge on any atom is 0.306 e. The Hall–Kier alpha value is -4.06. The molecule has 0 saturated carbocycles. The third-order valence-electron chi connectivity index (χ3n) is 14.2. The number of fused-ring (bicyclic) bond motifs is 4.